The third-order valence-electron chi connectivity index (χ3n) is 3.45. The highest BCUT2D eigenvalue weighted by atomic mass is 16.6. The Morgan fingerprint density at radius 1 is 1.37 bits per heavy atom. The van der Waals surface area contributed by atoms with Gasteiger partial charge >= 0.3 is 12.1 Å². The molecule has 2 rings (SSSR count). The zero-order valence-corrected chi connectivity index (χ0v) is 11.6. The molecule has 0 spiro atoms. The Labute approximate surface area is 112 Å². The molecule has 0 aromatic carbocycles. The van der Waals surface area contributed by atoms with E-state index >= 15 is 0 Å². The third-order valence-corrected chi connectivity index (χ3v) is 3.45. The van der Waals surface area contributed by atoms with Gasteiger partial charge in [0, 0.05) is 19.0 Å². The van der Waals surface area contributed by atoms with Crippen molar-refractivity contribution in [1.82, 2.24) is 4.90 Å². The number of nitrogens with zero attached hydrogens (tertiary/aromatic N) is 1. The van der Waals surface area contributed by atoms with E-state index < -0.39 is 17.7 Å². The van der Waals surface area contributed by atoms with Crippen LogP contribution in [0.2, 0.25) is 0 Å². The van der Waals surface area contributed by atoms with Gasteiger partial charge in [-0.1, -0.05) is 0 Å². The lowest BCUT2D eigenvalue weighted by Gasteiger charge is -2.35. The van der Waals surface area contributed by atoms with Gasteiger partial charge in [-0.15, -0.1) is 0 Å². The molecule has 2 aliphatic rings. The van der Waals surface area contributed by atoms with Crippen molar-refractivity contribution in [3.05, 3.63) is 0 Å². The number of hydrogen-bond acceptors (Lipinski definition) is 4. The Bertz CT molecular complexity index is 376. The molecule has 6 nitrogen and oxygen atoms in total. The Morgan fingerprint density at radius 2 is 2.05 bits per heavy atom. The molecule has 0 saturated carbocycles. The number of carboxylic acids is 1. The van der Waals surface area contributed by atoms with Crippen molar-refractivity contribution >= 4 is 12.1 Å². The molecule has 108 valence electrons. The van der Waals surface area contributed by atoms with Crippen LogP contribution in [-0.4, -0.2) is 53.0 Å². The summed E-state index contributed by atoms with van der Waals surface area (Å²) in [6.07, 6.45) is 0.0468. The summed E-state index contributed by atoms with van der Waals surface area (Å²) in [5, 5.41) is 8.96. The topological polar surface area (TPSA) is 76.1 Å². The van der Waals surface area contributed by atoms with Gasteiger partial charge in [-0.3, -0.25) is 0 Å². The fraction of sp³-hybridized carbons (Fsp3) is 0.846. The number of carbonyl (C=O) groups is 2. The first-order chi connectivity index (χ1) is 8.76. The van der Waals surface area contributed by atoms with Crippen molar-refractivity contribution in [3.63, 3.8) is 0 Å². The van der Waals surface area contributed by atoms with Crippen LogP contribution in [0, 0.1) is 5.92 Å². The quantitative estimate of drug-likeness (QED) is 0.782. The summed E-state index contributed by atoms with van der Waals surface area (Å²) < 4.78 is 10.8. The molecule has 19 heavy (non-hydrogen) atoms. The molecule has 2 heterocycles. The van der Waals surface area contributed by atoms with Crippen LogP contribution >= 0.6 is 0 Å². The number of ether oxygens (including phenoxy) is 2. The monoisotopic (exact) mass is 271 g/mol. The summed E-state index contributed by atoms with van der Waals surface area (Å²) in [7, 11) is 0. The first kappa shape index (κ1) is 14.1. The van der Waals surface area contributed by atoms with Gasteiger partial charge in [-0.05, 0) is 33.6 Å². The van der Waals surface area contributed by atoms with Gasteiger partial charge in [0.1, 0.15) is 5.60 Å². The number of carbonyl (C=O) groups excluding carboxylic acids is 1. The number of hydrogen-bond donors (Lipinski definition) is 1. The van der Waals surface area contributed by atoms with E-state index in [1.807, 2.05) is 20.8 Å². The molecule has 1 amide bonds. The highest BCUT2D eigenvalue weighted by Crippen LogP contribution is 2.33. The van der Waals surface area contributed by atoms with E-state index in [0.717, 1.165) is 0 Å². The van der Waals surface area contributed by atoms with Gasteiger partial charge in [0.15, 0.2) is 6.10 Å². The highest BCUT2D eigenvalue weighted by molar-refractivity contribution is 5.73. The van der Waals surface area contributed by atoms with Crippen molar-refractivity contribution in [2.24, 2.45) is 5.92 Å². The van der Waals surface area contributed by atoms with Gasteiger partial charge in [-0.25, -0.2) is 9.59 Å². The van der Waals surface area contributed by atoms with E-state index in [4.69, 9.17) is 14.6 Å². The largest absolute Gasteiger partial charge is 0.479 e. The predicted octanol–water partition coefficient (Wildman–Crippen LogP) is 1.49. The molecule has 3 atom stereocenters. The van der Waals surface area contributed by atoms with E-state index in [1.54, 1.807) is 4.90 Å². The van der Waals surface area contributed by atoms with Crippen LogP contribution in [0.15, 0.2) is 0 Å². The van der Waals surface area contributed by atoms with Crippen LogP contribution in [0.3, 0.4) is 0 Å². The van der Waals surface area contributed by atoms with Gasteiger partial charge in [0.05, 0.1) is 6.10 Å². The lowest BCUT2D eigenvalue weighted by Crippen LogP contribution is -2.46. The maximum Gasteiger partial charge on any atom is 0.410 e. The Balaban J connectivity index is 1.92. The summed E-state index contributed by atoms with van der Waals surface area (Å²) in [5.74, 6) is -0.819. The van der Waals surface area contributed by atoms with Gasteiger partial charge in [0.2, 0.25) is 0 Å². The number of carboxylic acid groups (broad SMARTS) is 1. The zero-order valence-electron chi connectivity index (χ0n) is 11.6. The molecule has 0 aromatic heterocycles. The lowest BCUT2D eigenvalue weighted by atomic mass is 9.93. The number of amides is 1. The number of aliphatic carboxylic acids is 1. The average molecular weight is 271 g/mol. The SMILES string of the molecule is CC(C)(C)OC(=O)N1CC[C@@H]2O[C@@H](C(=O)O)C[C@H]2C1. The molecule has 2 saturated heterocycles. The standard InChI is InChI=1S/C13H21NO5/c1-13(2,3)19-12(17)14-5-4-9-8(7-14)6-10(18-9)11(15)16/h8-10H,4-7H2,1-3H3,(H,15,16)/t8-,9-,10+/m0/s1. The van der Waals surface area contributed by atoms with E-state index in [2.05, 4.69) is 0 Å². The third kappa shape index (κ3) is 3.37. The predicted molar refractivity (Wildman–Crippen MR) is 66.8 cm³/mol. The van der Waals surface area contributed by atoms with Crippen molar-refractivity contribution in [3.8, 4) is 0 Å². The van der Waals surface area contributed by atoms with Gasteiger partial charge in [0.25, 0.3) is 0 Å². The molecule has 0 unspecified atom stereocenters. The second kappa shape index (κ2) is 5.00. The van der Waals surface area contributed by atoms with Crippen LogP contribution < -0.4 is 0 Å². The van der Waals surface area contributed by atoms with E-state index in [9.17, 15) is 9.59 Å². The molecule has 6 heteroatoms. The van der Waals surface area contributed by atoms with Crippen LogP contribution in [0.25, 0.3) is 0 Å². The average Bonchev–Trinajstić information content (AvgIpc) is 2.69. The molecule has 0 bridgehead atoms. The maximum absolute atomic E-state index is 12.0. The first-order valence-electron chi connectivity index (χ1n) is 6.62. The fourth-order valence-corrected chi connectivity index (χ4v) is 2.61. The minimum atomic E-state index is -0.918. The Kier molecular flexibility index (Phi) is 3.71. The lowest BCUT2D eigenvalue weighted by molar-refractivity contribution is -0.149. The van der Waals surface area contributed by atoms with Gasteiger partial charge in [-0.2, -0.15) is 0 Å². The number of fused-ring (bicyclic) bond motifs is 1. The van der Waals surface area contributed by atoms with Crippen molar-refractivity contribution in [2.45, 2.75) is 51.4 Å². The Morgan fingerprint density at radius 3 is 2.63 bits per heavy atom. The minimum absolute atomic E-state index is 0.0419. The molecular weight excluding hydrogens is 250 g/mol. The molecule has 0 aliphatic carbocycles. The summed E-state index contributed by atoms with van der Waals surface area (Å²) >= 11 is 0. The van der Waals surface area contributed by atoms with Crippen molar-refractivity contribution < 1.29 is 24.2 Å². The summed E-state index contributed by atoms with van der Waals surface area (Å²) in [6.45, 7) is 6.57. The normalized spacial score (nSPS) is 30.9. The molecule has 2 fully saturated rings. The van der Waals surface area contributed by atoms with Crippen LogP contribution in [0.5, 0.6) is 0 Å². The van der Waals surface area contributed by atoms with E-state index in [0.29, 0.717) is 25.9 Å². The molecule has 0 radical (unpaired) electrons. The summed E-state index contributed by atoms with van der Waals surface area (Å²) in [5.41, 5.74) is -0.510. The van der Waals surface area contributed by atoms with Crippen LogP contribution in [0.1, 0.15) is 33.6 Å². The number of rotatable bonds is 1. The van der Waals surface area contributed by atoms with Crippen LogP contribution in [-0.2, 0) is 14.3 Å². The van der Waals surface area contributed by atoms with E-state index in [-0.39, 0.29) is 18.1 Å². The number of likely N-dealkylation sites (tertiary alicyclic amines) is 1. The molecule has 0 aromatic rings. The van der Waals surface area contributed by atoms with Crippen LogP contribution in [0.4, 0.5) is 4.79 Å². The van der Waals surface area contributed by atoms with E-state index in [1.165, 1.54) is 0 Å². The first-order valence-corrected chi connectivity index (χ1v) is 6.62. The minimum Gasteiger partial charge on any atom is -0.479 e. The van der Waals surface area contributed by atoms with Gasteiger partial charge < -0.3 is 19.5 Å². The van der Waals surface area contributed by atoms with Crippen molar-refractivity contribution in [2.75, 3.05) is 13.1 Å². The van der Waals surface area contributed by atoms with Crippen molar-refractivity contribution in [1.29, 1.82) is 0 Å². The molecule has 1 N–H and O–H groups in total. The smallest absolute Gasteiger partial charge is 0.410 e. The molecular formula is C13H21NO5. The molecule has 2 aliphatic heterocycles. The second-order valence-electron chi connectivity index (χ2n) is 6.21. The Hall–Kier alpha value is -1.30. The summed E-state index contributed by atoms with van der Waals surface area (Å²) in [6, 6.07) is 0. The summed E-state index contributed by atoms with van der Waals surface area (Å²) in [4.78, 5) is 24.5. The second-order valence-corrected chi connectivity index (χ2v) is 6.21. The number of piperidine rings is 1. The highest BCUT2D eigenvalue weighted by Gasteiger charge is 2.43. The maximum atomic E-state index is 12.0. The fourth-order valence-electron chi connectivity index (χ4n) is 2.61. The zero-order chi connectivity index (χ0) is 14.2.